The predicted octanol–water partition coefficient (Wildman–Crippen LogP) is 0.501. The molecule has 1 aromatic carbocycles. The van der Waals surface area contributed by atoms with Crippen molar-refractivity contribution in [1.82, 2.24) is 10.6 Å². The van der Waals surface area contributed by atoms with Crippen LogP contribution in [0.1, 0.15) is 0 Å². The van der Waals surface area contributed by atoms with Crippen molar-refractivity contribution in [2.24, 2.45) is 0 Å². The van der Waals surface area contributed by atoms with Crippen LogP contribution in [0, 0.1) is 22.7 Å². The summed E-state index contributed by atoms with van der Waals surface area (Å²) in [7, 11) is 0. The first-order valence-corrected chi connectivity index (χ1v) is 6.11. The summed E-state index contributed by atoms with van der Waals surface area (Å²) in [6.07, 6.45) is 3.53. The third-order valence-corrected chi connectivity index (χ3v) is 2.53. The van der Waals surface area contributed by atoms with Crippen LogP contribution >= 0.6 is 0 Å². The zero-order chi connectivity index (χ0) is 14.8. The molecular weight excluding hydrogens is 248 g/mol. The minimum absolute atomic E-state index is 0.108. The maximum Gasteiger partial charge on any atom is 0.136 e. The number of nitriles is 2. The van der Waals surface area contributed by atoms with Crippen LogP contribution in [0.3, 0.4) is 0 Å². The van der Waals surface area contributed by atoms with Crippen LogP contribution in [0.4, 0.5) is 0 Å². The average Bonchev–Trinajstić information content (AvgIpc) is 2.50. The zero-order valence-corrected chi connectivity index (χ0v) is 11.2. The lowest BCUT2D eigenvalue weighted by atomic mass is 10.2. The molecule has 0 fully saturated rings. The van der Waals surface area contributed by atoms with Gasteiger partial charge in [0.2, 0.25) is 0 Å². The number of nitrogens with zero attached hydrogens (tertiary/aromatic N) is 2. The average molecular weight is 264 g/mol. The molecule has 0 saturated heterocycles. The van der Waals surface area contributed by atoms with Crippen LogP contribution in [0.5, 0.6) is 0 Å². The Morgan fingerprint density at radius 1 is 0.950 bits per heavy atom. The Balaban J connectivity index is 3.26. The van der Waals surface area contributed by atoms with Gasteiger partial charge in [0, 0.05) is 23.5 Å². The molecule has 0 atom stereocenters. The quantitative estimate of drug-likeness (QED) is 0.734. The number of rotatable bonds is 6. The molecule has 0 bridgehead atoms. The van der Waals surface area contributed by atoms with Crippen molar-refractivity contribution < 1.29 is 0 Å². The standard InChI is InChI=1S/C16H16N4/c1-3-9-19-16(20-10-4-2)14-7-5-13(6-8-14)15(11-17)12-18/h3-8,19-20H,1-2,9-10H2. The molecular formula is C16H16N4. The van der Waals surface area contributed by atoms with E-state index in [4.69, 9.17) is 10.5 Å². The Bertz CT molecular complexity index is 633. The fourth-order valence-electron chi connectivity index (χ4n) is 1.57. The molecule has 0 aromatic heterocycles. The van der Waals surface area contributed by atoms with Gasteiger partial charge in [0.1, 0.15) is 23.5 Å². The monoisotopic (exact) mass is 264 g/mol. The Hall–Kier alpha value is -2.98. The van der Waals surface area contributed by atoms with Gasteiger partial charge in [0.15, 0.2) is 0 Å². The molecule has 0 aliphatic heterocycles. The second kappa shape index (κ2) is 8.18. The van der Waals surface area contributed by atoms with Crippen LogP contribution in [0.15, 0.2) is 49.6 Å². The number of hydrogen-bond acceptors (Lipinski definition) is 4. The SMILES string of the molecule is C=CCNC(NCC=C)=c1ccc(=C(C#N)C#N)cc1. The first-order chi connectivity index (χ1) is 9.76. The summed E-state index contributed by atoms with van der Waals surface area (Å²) in [5, 5.41) is 25.6. The van der Waals surface area contributed by atoms with E-state index in [0.29, 0.717) is 18.3 Å². The second-order valence-electron chi connectivity index (χ2n) is 3.89. The summed E-state index contributed by atoms with van der Waals surface area (Å²) >= 11 is 0. The van der Waals surface area contributed by atoms with Crippen LogP contribution in [0.2, 0.25) is 0 Å². The maximum atomic E-state index is 8.83. The van der Waals surface area contributed by atoms with Crippen LogP contribution in [-0.2, 0) is 0 Å². The van der Waals surface area contributed by atoms with Crippen molar-refractivity contribution in [2.45, 2.75) is 0 Å². The number of benzene rings is 1. The minimum atomic E-state index is 0.108. The zero-order valence-electron chi connectivity index (χ0n) is 11.2. The van der Waals surface area contributed by atoms with Gasteiger partial charge in [0.05, 0.1) is 0 Å². The molecule has 2 N–H and O–H groups in total. The van der Waals surface area contributed by atoms with Crippen molar-refractivity contribution in [3.63, 3.8) is 0 Å². The summed E-state index contributed by atoms with van der Waals surface area (Å²) in [4.78, 5) is 0. The highest BCUT2D eigenvalue weighted by Crippen LogP contribution is 1.87. The Morgan fingerprint density at radius 3 is 1.80 bits per heavy atom. The molecule has 0 radical (unpaired) electrons. The molecule has 0 spiro atoms. The highest BCUT2D eigenvalue weighted by molar-refractivity contribution is 5.72. The molecule has 0 aliphatic rings. The Kier molecular flexibility index (Phi) is 6.17. The van der Waals surface area contributed by atoms with E-state index < -0.39 is 0 Å². The molecule has 20 heavy (non-hydrogen) atoms. The molecule has 4 nitrogen and oxygen atoms in total. The van der Waals surface area contributed by atoms with E-state index in [1.54, 1.807) is 24.3 Å². The summed E-state index contributed by atoms with van der Waals surface area (Å²) in [5.74, 6) is 0.854. The molecule has 0 heterocycles. The Morgan fingerprint density at radius 2 is 1.40 bits per heavy atom. The van der Waals surface area contributed by atoms with Crippen molar-refractivity contribution in [3.05, 3.63) is 60.0 Å². The molecule has 100 valence electrons. The van der Waals surface area contributed by atoms with Gasteiger partial charge >= 0.3 is 0 Å². The van der Waals surface area contributed by atoms with Crippen molar-refractivity contribution in [1.29, 1.82) is 10.5 Å². The van der Waals surface area contributed by atoms with Gasteiger partial charge in [-0.25, -0.2) is 0 Å². The fraction of sp³-hybridized carbons (Fsp3) is 0.125. The molecule has 1 aromatic rings. The van der Waals surface area contributed by atoms with Gasteiger partial charge in [-0.05, 0) is 0 Å². The lowest BCUT2D eigenvalue weighted by Crippen LogP contribution is -2.32. The van der Waals surface area contributed by atoms with E-state index in [1.165, 1.54) is 0 Å². The van der Waals surface area contributed by atoms with Crippen LogP contribution in [0.25, 0.3) is 11.4 Å². The smallest absolute Gasteiger partial charge is 0.136 e. The number of nitrogens with one attached hydrogen (secondary N) is 2. The minimum Gasteiger partial charge on any atom is -0.368 e. The predicted molar refractivity (Wildman–Crippen MR) is 80.1 cm³/mol. The van der Waals surface area contributed by atoms with E-state index >= 15 is 0 Å². The van der Waals surface area contributed by atoms with Gasteiger partial charge in [-0.3, -0.25) is 0 Å². The first-order valence-electron chi connectivity index (χ1n) is 6.11. The largest absolute Gasteiger partial charge is 0.368 e. The molecule has 0 amide bonds. The second-order valence-corrected chi connectivity index (χ2v) is 3.89. The third-order valence-electron chi connectivity index (χ3n) is 2.53. The van der Waals surface area contributed by atoms with E-state index in [9.17, 15) is 0 Å². The van der Waals surface area contributed by atoms with E-state index in [1.807, 2.05) is 24.3 Å². The van der Waals surface area contributed by atoms with Crippen LogP contribution in [-0.4, -0.2) is 13.1 Å². The van der Waals surface area contributed by atoms with Crippen LogP contribution < -0.4 is 21.1 Å². The van der Waals surface area contributed by atoms with Crippen molar-refractivity contribution in [2.75, 3.05) is 13.1 Å². The lowest BCUT2D eigenvalue weighted by molar-refractivity contribution is 0.863. The van der Waals surface area contributed by atoms with E-state index in [-0.39, 0.29) is 5.57 Å². The third kappa shape index (κ3) is 4.04. The molecule has 0 aliphatic carbocycles. The summed E-state index contributed by atoms with van der Waals surface area (Å²) < 4.78 is 0. The highest BCUT2D eigenvalue weighted by atomic mass is 15.1. The fourth-order valence-corrected chi connectivity index (χ4v) is 1.57. The van der Waals surface area contributed by atoms with E-state index in [0.717, 1.165) is 11.0 Å². The molecule has 1 rings (SSSR count). The topological polar surface area (TPSA) is 71.6 Å². The maximum absolute atomic E-state index is 8.83. The van der Waals surface area contributed by atoms with Gasteiger partial charge < -0.3 is 10.6 Å². The van der Waals surface area contributed by atoms with Gasteiger partial charge in [-0.1, -0.05) is 36.4 Å². The summed E-state index contributed by atoms with van der Waals surface area (Å²) in [5.41, 5.74) is 0.108. The number of hydrogen-bond donors (Lipinski definition) is 2. The Labute approximate surface area is 118 Å². The van der Waals surface area contributed by atoms with Gasteiger partial charge in [0.25, 0.3) is 0 Å². The first kappa shape index (κ1) is 15.1. The molecule has 4 heteroatoms. The van der Waals surface area contributed by atoms with Crippen molar-refractivity contribution >= 4 is 11.4 Å². The van der Waals surface area contributed by atoms with E-state index in [2.05, 4.69) is 23.8 Å². The molecule has 0 unspecified atom stereocenters. The summed E-state index contributed by atoms with van der Waals surface area (Å²) in [6.45, 7) is 8.60. The molecule has 0 saturated carbocycles. The lowest BCUT2D eigenvalue weighted by Gasteiger charge is -2.10. The normalized spacial score (nSPS) is 8.70. The van der Waals surface area contributed by atoms with Gasteiger partial charge in [-0.15, -0.1) is 13.2 Å². The highest BCUT2D eigenvalue weighted by Gasteiger charge is 1.97. The summed E-state index contributed by atoms with van der Waals surface area (Å²) in [6, 6.07) is 11.0. The van der Waals surface area contributed by atoms with Crippen molar-refractivity contribution in [3.8, 4) is 12.1 Å². The van der Waals surface area contributed by atoms with Gasteiger partial charge in [-0.2, -0.15) is 10.5 Å².